The van der Waals surface area contributed by atoms with Gasteiger partial charge >= 0.3 is 0 Å². The summed E-state index contributed by atoms with van der Waals surface area (Å²) in [7, 11) is 0. The minimum Gasteiger partial charge on any atom is -0.395 e. The Morgan fingerprint density at radius 1 is 1.10 bits per heavy atom. The molecular weight excluding hydrogens is 626 g/mol. The number of hydrogen-bond donors (Lipinski definition) is 1. The Morgan fingerprint density at radius 2 is 1.78 bits per heavy atom. The first-order chi connectivity index (χ1) is 19.8. The Kier molecular flexibility index (Phi) is 8.99. The van der Waals surface area contributed by atoms with Crippen molar-refractivity contribution >= 4 is 62.7 Å². The normalized spacial score (nSPS) is 27.9. The maximum Gasteiger partial charge on any atom is 0.251 e. The van der Waals surface area contributed by atoms with E-state index in [2.05, 4.69) is 29.1 Å². The molecule has 41 heavy (non-hydrogen) atoms. The fraction of sp³-hybridized carbons (Fsp3) is 0.387. The van der Waals surface area contributed by atoms with Gasteiger partial charge < -0.3 is 19.8 Å². The molecule has 2 aromatic rings. The molecule has 5 rings (SSSR count). The molecule has 3 aliphatic heterocycles. The number of aliphatic hydroxyl groups is 1. The van der Waals surface area contributed by atoms with E-state index in [1.807, 2.05) is 30.3 Å². The summed E-state index contributed by atoms with van der Waals surface area (Å²) in [6.45, 7) is 8.39. The van der Waals surface area contributed by atoms with Crippen LogP contribution in [0.3, 0.4) is 0 Å². The van der Waals surface area contributed by atoms with E-state index in [1.54, 1.807) is 58.0 Å². The van der Waals surface area contributed by atoms with Crippen LogP contribution in [0.4, 0.5) is 5.69 Å². The number of β-amino-alcohol motifs (C(OH)–C–C–N with tert-alkyl or cyclic N) is 1. The highest BCUT2D eigenvalue weighted by molar-refractivity contribution is 9.09. The van der Waals surface area contributed by atoms with E-state index in [0.717, 1.165) is 5.56 Å². The number of alkyl halides is 1. The predicted molar refractivity (Wildman–Crippen MR) is 167 cm³/mol. The van der Waals surface area contributed by atoms with Crippen LogP contribution in [0.5, 0.6) is 0 Å². The molecule has 2 aromatic carbocycles. The van der Waals surface area contributed by atoms with Crippen LogP contribution in [0.2, 0.25) is 5.02 Å². The third-order valence-corrected chi connectivity index (χ3v) is 11.7. The number of rotatable bonds is 11. The first-order valence-electron chi connectivity index (χ1n) is 13.6. The van der Waals surface area contributed by atoms with E-state index in [4.69, 9.17) is 11.6 Å². The van der Waals surface area contributed by atoms with E-state index in [9.17, 15) is 19.5 Å². The Hall–Kier alpha value is -2.59. The first kappa shape index (κ1) is 29.9. The van der Waals surface area contributed by atoms with Crippen molar-refractivity contribution in [1.82, 2.24) is 9.80 Å². The number of aliphatic hydroxyl groups excluding tert-OH is 1. The number of halogens is 2. The minimum absolute atomic E-state index is 0.00944. The van der Waals surface area contributed by atoms with E-state index < -0.39 is 22.6 Å². The van der Waals surface area contributed by atoms with Gasteiger partial charge in [-0.2, -0.15) is 0 Å². The number of fused-ring (bicyclic) bond motifs is 1. The van der Waals surface area contributed by atoms with Crippen LogP contribution in [-0.4, -0.2) is 79.7 Å². The first-order valence-corrected chi connectivity index (χ1v) is 15.8. The van der Waals surface area contributed by atoms with Gasteiger partial charge in [0.05, 0.1) is 23.2 Å². The summed E-state index contributed by atoms with van der Waals surface area (Å²) in [4.78, 5) is 47.8. The molecule has 1 N–H and O–H groups in total. The highest BCUT2D eigenvalue weighted by atomic mass is 79.9. The minimum atomic E-state index is -0.849. The zero-order chi connectivity index (χ0) is 29.3. The third kappa shape index (κ3) is 5.26. The number of nitrogens with zero attached hydrogens (tertiary/aromatic N) is 3. The standard InChI is InChI=1S/C31H33BrClN3O4S/c1-3-14-34(19-20-8-6-5-7-9-20)28(38)24-25-29(39)36(16-17-37)27(31(25)18-23(32)26(24)41-31)30(40)35(15-4-2)22-12-10-21(33)11-13-22/h3-13,23-27,37H,1-2,14-19H2/t23?,24-,25-,26-,27?,31?/m0/s1. The molecule has 3 amide bonds. The number of hydrogen-bond acceptors (Lipinski definition) is 5. The van der Waals surface area contributed by atoms with Gasteiger partial charge in [-0.1, -0.05) is 70.0 Å². The monoisotopic (exact) mass is 657 g/mol. The van der Waals surface area contributed by atoms with Crippen molar-refractivity contribution in [2.75, 3.05) is 31.1 Å². The fourth-order valence-corrected chi connectivity index (χ4v) is 10.4. The molecule has 0 aromatic heterocycles. The van der Waals surface area contributed by atoms with Crippen LogP contribution in [0, 0.1) is 11.8 Å². The molecule has 1 spiro atoms. The summed E-state index contributed by atoms with van der Waals surface area (Å²) in [6, 6.07) is 15.8. The van der Waals surface area contributed by atoms with E-state index in [-0.39, 0.29) is 47.5 Å². The highest BCUT2D eigenvalue weighted by Gasteiger charge is 2.76. The Labute approximate surface area is 258 Å². The molecule has 2 bridgehead atoms. The molecule has 10 heteroatoms. The summed E-state index contributed by atoms with van der Waals surface area (Å²) in [5.41, 5.74) is 1.62. The maximum atomic E-state index is 14.5. The molecule has 3 saturated heterocycles. The van der Waals surface area contributed by atoms with Crippen LogP contribution in [0.15, 0.2) is 79.9 Å². The topological polar surface area (TPSA) is 81.2 Å². The van der Waals surface area contributed by atoms with Crippen molar-refractivity contribution < 1.29 is 19.5 Å². The summed E-state index contributed by atoms with van der Waals surface area (Å²) in [5, 5.41) is 10.3. The van der Waals surface area contributed by atoms with Gasteiger partial charge in [-0.05, 0) is 36.2 Å². The number of anilines is 1. The van der Waals surface area contributed by atoms with Crippen LogP contribution in [0.1, 0.15) is 12.0 Å². The maximum absolute atomic E-state index is 14.5. The second-order valence-electron chi connectivity index (χ2n) is 10.6. The molecule has 0 saturated carbocycles. The van der Waals surface area contributed by atoms with E-state index >= 15 is 0 Å². The quantitative estimate of drug-likeness (QED) is 0.284. The molecular formula is C31H33BrClN3O4S. The molecule has 3 fully saturated rings. The van der Waals surface area contributed by atoms with Crippen molar-refractivity contribution in [1.29, 1.82) is 0 Å². The van der Waals surface area contributed by atoms with Gasteiger partial charge in [0.2, 0.25) is 11.8 Å². The molecule has 216 valence electrons. The lowest BCUT2D eigenvalue weighted by Gasteiger charge is -2.38. The van der Waals surface area contributed by atoms with Gasteiger partial charge in [0.25, 0.3) is 5.91 Å². The summed E-state index contributed by atoms with van der Waals surface area (Å²) < 4.78 is -0.819. The second-order valence-corrected chi connectivity index (χ2v) is 13.8. The SMILES string of the molecule is C=CCN(Cc1ccccc1)C(=O)[C@H]1[C@H]2C(=O)N(CCO)C(C(=O)N(CC=C)c3ccc(Cl)cc3)C23CC(Br)[C@@H]1S3. The van der Waals surface area contributed by atoms with Gasteiger partial charge in [-0.3, -0.25) is 14.4 Å². The summed E-state index contributed by atoms with van der Waals surface area (Å²) in [5.74, 6) is -1.93. The third-order valence-electron chi connectivity index (χ3n) is 8.24. The number of carbonyl (C=O) groups excluding carboxylic acids is 3. The smallest absolute Gasteiger partial charge is 0.251 e. The molecule has 3 unspecified atom stereocenters. The summed E-state index contributed by atoms with van der Waals surface area (Å²) >= 11 is 11.5. The van der Waals surface area contributed by atoms with Crippen molar-refractivity contribution in [2.45, 2.75) is 33.8 Å². The highest BCUT2D eigenvalue weighted by Crippen LogP contribution is 2.68. The lowest BCUT2D eigenvalue weighted by molar-refractivity contribution is -0.144. The van der Waals surface area contributed by atoms with Crippen molar-refractivity contribution in [3.63, 3.8) is 0 Å². The van der Waals surface area contributed by atoms with Crippen LogP contribution in [-0.2, 0) is 20.9 Å². The van der Waals surface area contributed by atoms with E-state index in [1.165, 1.54) is 4.90 Å². The Balaban J connectivity index is 1.53. The average Bonchev–Trinajstić information content (AvgIpc) is 3.55. The number of thioether (sulfide) groups is 1. The average molecular weight is 659 g/mol. The van der Waals surface area contributed by atoms with Crippen LogP contribution < -0.4 is 4.90 Å². The predicted octanol–water partition coefficient (Wildman–Crippen LogP) is 4.53. The molecule has 3 aliphatic rings. The molecule has 3 heterocycles. The zero-order valence-electron chi connectivity index (χ0n) is 22.6. The number of carbonyl (C=O) groups is 3. The van der Waals surface area contributed by atoms with Crippen LogP contribution >= 0.6 is 39.3 Å². The summed E-state index contributed by atoms with van der Waals surface area (Å²) in [6.07, 6.45) is 3.90. The largest absolute Gasteiger partial charge is 0.395 e. The van der Waals surface area contributed by atoms with Gasteiger partial charge in [-0.25, -0.2) is 0 Å². The fourth-order valence-electron chi connectivity index (χ4n) is 6.66. The number of likely N-dealkylation sites (tertiary alicyclic amines) is 1. The van der Waals surface area contributed by atoms with Gasteiger partial charge in [0, 0.05) is 47.0 Å². The number of benzene rings is 2. The number of amides is 3. The van der Waals surface area contributed by atoms with Gasteiger partial charge in [0.15, 0.2) is 0 Å². The Morgan fingerprint density at radius 3 is 2.41 bits per heavy atom. The van der Waals surface area contributed by atoms with Gasteiger partial charge in [-0.15, -0.1) is 24.9 Å². The molecule has 0 aliphatic carbocycles. The van der Waals surface area contributed by atoms with E-state index in [0.29, 0.717) is 30.2 Å². The zero-order valence-corrected chi connectivity index (χ0v) is 25.7. The molecule has 6 atom stereocenters. The van der Waals surface area contributed by atoms with Crippen molar-refractivity contribution in [3.05, 3.63) is 90.5 Å². The lowest BCUT2D eigenvalue weighted by Crippen LogP contribution is -2.56. The van der Waals surface area contributed by atoms with Crippen LogP contribution in [0.25, 0.3) is 0 Å². The van der Waals surface area contributed by atoms with Crippen molar-refractivity contribution in [2.24, 2.45) is 11.8 Å². The van der Waals surface area contributed by atoms with Crippen molar-refractivity contribution in [3.8, 4) is 0 Å². The molecule has 7 nitrogen and oxygen atoms in total. The molecule has 0 radical (unpaired) electrons. The second kappa shape index (κ2) is 12.3. The lowest BCUT2D eigenvalue weighted by atomic mass is 9.70. The Bertz CT molecular complexity index is 1330. The van der Waals surface area contributed by atoms with Gasteiger partial charge in [0.1, 0.15) is 6.04 Å².